The van der Waals surface area contributed by atoms with Crippen LogP contribution < -0.4 is 4.74 Å². The number of Topliss-reactive ketones (excluding diaryl/α,β-unsaturated/α-hetero) is 1. The minimum absolute atomic E-state index is 0.0928. The second kappa shape index (κ2) is 6.19. The van der Waals surface area contributed by atoms with Crippen LogP contribution in [0.25, 0.3) is 0 Å². The van der Waals surface area contributed by atoms with Gasteiger partial charge in [-0.2, -0.15) is 0 Å². The maximum absolute atomic E-state index is 11.6. The molecule has 1 unspecified atom stereocenters. The summed E-state index contributed by atoms with van der Waals surface area (Å²) in [6.07, 6.45) is 0. The molecule has 4 heteroatoms. The molecule has 0 spiro atoms. The van der Waals surface area contributed by atoms with Crippen LogP contribution in [0.5, 0.6) is 5.75 Å². The molecule has 1 rings (SSSR count). The highest BCUT2D eigenvalue weighted by Crippen LogP contribution is 2.25. The van der Waals surface area contributed by atoms with E-state index < -0.39 is 5.92 Å². The molecule has 0 fully saturated rings. The molecule has 1 aromatic carbocycles. The molecule has 18 heavy (non-hydrogen) atoms. The first kappa shape index (κ1) is 14.2. The number of methoxy groups -OCH3 is 1. The van der Waals surface area contributed by atoms with Crippen molar-refractivity contribution in [2.75, 3.05) is 13.7 Å². The molecule has 0 aromatic heterocycles. The van der Waals surface area contributed by atoms with E-state index in [1.807, 2.05) is 0 Å². The Bertz CT molecular complexity index is 451. The van der Waals surface area contributed by atoms with Gasteiger partial charge in [0.15, 0.2) is 5.78 Å². The van der Waals surface area contributed by atoms with Crippen LogP contribution in [-0.4, -0.2) is 25.5 Å². The molecule has 0 aliphatic carbocycles. The zero-order chi connectivity index (χ0) is 13.7. The summed E-state index contributed by atoms with van der Waals surface area (Å²) in [6, 6.07) is 5.15. The highest BCUT2D eigenvalue weighted by atomic mass is 16.5. The predicted octanol–water partition coefficient (Wildman–Crippen LogP) is 2.56. The minimum atomic E-state index is -0.394. The Balaban J connectivity index is 3.08. The molecule has 1 atom stereocenters. The Morgan fingerprint density at radius 3 is 2.50 bits per heavy atom. The number of ether oxygens (including phenoxy) is 2. The fraction of sp³-hybridized carbons (Fsp3) is 0.429. The lowest BCUT2D eigenvalue weighted by atomic mass is 9.97. The Kier molecular flexibility index (Phi) is 4.89. The van der Waals surface area contributed by atoms with Gasteiger partial charge in [0.2, 0.25) is 0 Å². The number of ketones is 1. The number of benzene rings is 1. The third-order valence-corrected chi connectivity index (χ3v) is 2.74. The molecule has 1 aromatic rings. The third-order valence-electron chi connectivity index (χ3n) is 2.74. The van der Waals surface area contributed by atoms with Gasteiger partial charge >= 0.3 is 5.97 Å². The van der Waals surface area contributed by atoms with Crippen molar-refractivity contribution in [1.82, 2.24) is 0 Å². The van der Waals surface area contributed by atoms with Crippen molar-refractivity contribution in [1.29, 1.82) is 0 Å². The maximum atomic E-state index is 11.6. The molecular formula is C14H18O4. The van der Waals surface area contributed by atoms with Gasteiger partial charge in [-0.1, -0.05) is 6.07 Å². The van der Waals surface area contributed by atoms with Crippen molar-refractivity contribution in [3.8, 4) is 5.75 Å². The van der Waals surface area contributed by atoms with Gasteiger partial charge in [-0.3, -0.25) is 9.59 Å². The zero-order valence-electron chi connectivity index (χ0n) is 11.1. The quantitative estimate of drug-likeness (QED) is 0.595. The minimum Gasteiger partial charge on any atom is -0.496 e. The van der Waals surface area contributed by atoms with Crippen LogP contribution >= 0.6 is 0 Å². The van der Waals surface area contributed by atoms with Gasteiger partial charge in [-0.15, -0.1) is 0 Å². The molecule has 0 saturated carbocycles. The topological polar surface area (TPSA) is 52.6 Å². The lowest BCUT2D eigenvalue weighted by Gasteiger charge is -2.13. The van der Waals surface area contributed by atoms with Crippen LogP contribution in [0.3, 0.4) is 0 Å². The summed E-state index contributed by atoms with van der Waals surface area (Å²) in [4.78, 5) is 23.1. The average Bonchev–Trinajstić information content (AvgIpc) is 2.37. The SMILES string of the molecule is CCOC(=O)C(C)c1ccc(OC)c(C(C)=O)c1. The maximum Gasteiger partial charge on any atom is 0.313 e. The van der Waals surface area contributed by atoms with E-state index in [4.69, 9.17) is 9.47 Å². The summed E-state index contributed by atoms with van der Waals surface area (Å²) >= 11 is 0. The van der Waals surface area contributed by atoms with Crippen LogP contribution in [0.15, 0.2) is 18.2 Å². The smallest absolute Gasteiger partial charge is 0.313 e. The van der Waals surface area contributed by atoms with Gasteiger partial charge in [0, 0.05) is 0 Å². The first-order valence-electron chi connectivity index (χ1n) is 5.86. The van der Waals surface area contributed by atoms with E-state index in [0.29, 0.717) is 17.9 Å². The molecule has 0 aliphatic heterocycles. The lowest BCUT2D eigenvalue weighted by molar-refractivity contribution is -0.144. The fourth-order valence-electron chi connectivity index (χ4n) is 1.67. The van der Waals surface area contributed by atoms with Gasteiger partial charge in [-0.05, 0) is 38.5 Å². The molecule has 0 heterocycles. The van der Waals surface area contributed by atoms with Gasteiger partial charge in [0.25, 0.3) is 0 Å². The van der Waals surface area contributed by atoms with Crippen molar-refractivity contribution < 1.29 is 19.1 Å². The van der Waals surface area contributed by atoms with E-state index in [2.05, 4.69) is 0 Å². The highest BCUT2D eigenvalue weighted by molar-refractivity contribution is 5.97. The summed E-state index contributed by atoms with van der Waals surface area (Å²) < 4.78 is 10.1. The highest BCUT2D eigenvalue weighted by Gasteiger charge is 2.19. The molecule has 0 N–H and O–H groups in total. The van der Waals surface area contributed by atoms with E-state index in [9.17, 15) is 9.59 Å². The predicted molar refractivity (Wildman–Crippen MR) is 68.0 cm³/mol. The van der Waals surface area contributed by atoms with Crippen LogP contribution in [0.2, 0.25) is 0 Å². The number of carbonyl (C=O) groups excluding carboxylic acids is 2. The van der Waals surface area contributed by atoms with Crippen molar-refractivity contribution >= 4 is 11.8 Å². The van der Waals surface area contributed by atoms with Crippen LogP contribution in [0, 0.1) is 0 Å². The van der Waals surface area contributed by atoms with Crippen LogP contribution in [0.1, 0.15) is 42.6 Å². The summed E-state index contributed by atoms with van der Waals surface area (Å²) in [5, 5.41) is 0. The van der Waals surface area contributed by atoms with Gasteiger partial charge in [0.05, 0.1) is 25.2 Å². The average molecular weight is 250 g/mol. The normalized spacial score (nSPS) is 11.8. The monoisotopic (exact) mass is 250 g/mol. The lowest BCUT2D eigenvalue weighted by Crippen LogP contribution is -2.13. The first-order chi connectivity index (χ1) is 8.51. The molecule has 0 bridgehead atoms. The molecule has 0 amide bonds. The van der Waals surface area contributed by atoms with Crippen molar-refractivity contribution in [2.45, 2.75) is 26.7 Å². The molecule has 98 valence electrons. The Morgan fingerprint density at radius 2 is 2.00 bits per heavy atom. The molecule has 0 aliphatic rings. The third kappa shape index (κ3) is 3.09. The fourth-order valence-corrected chi connectivity index (χ4v) is 1.67. The first-order valence-corrected chi connectivity index (χ1v) is 5.86. The van der Waals surface area contributed by atoms with Gasteiger partial charge < -0.3 is 9.47 Å². The summed E-state index contributed by atoms with van der Waals surface area (Å²) in [5.41, 5.74) is 1.23. The van der Waals surface area contributed by atoms with E-state index >= 15 is 0 Å². The molecule has 0 radical (unpaired) electrons. The van der Waals surface area contributed by atoms with Crippen LogP contribution in [-0.2, 0) is 9.53 Å². The van der Waals surface area contributed by atoms with Crippen LogP contribution in [0.4, 0.5) is 0 Å². The Hall–Kier alpha value is -1.84. The standard InChI is InChI=1S/C14H18O4/c1-5-18-14(16)9(2)11-6-7-13(17-4)12(8-11)10(3)15/h6-9H,5H2,1-4H3. The Labute approximate surface area is 107 Å². The van der Waals surface area contributed by atoms with E-state index in [0.717, 1.165) is 5.56 Å². The summed E-state index contributed by atoms with van der Waals surface area (Å²) in [6.45, 7) is 5.33. The summed E-state index contributed by atoms with van der Waals surface area (Å²) in [7, 11) is 1.51. The van der Waals surface area contributed by atoms with Crippen molar-refractivity contribution in [3.63, 3.8) is 0 Å². The van der Waals surface area contributed by atoms with E-state index in [1.165, 1.54) is 14.0 Å². The molecule has 0 saturated heterocycles. The molecule has 4 nitrogen and oxygen atoms in total. The zero-order valence-corrected chi connectivity index (χ0v) is 11.1. The number of rotatable bonds is 5. The Morgan fingerprint density at radius 1 is 1.33 bits per heavy atom. The van der Waals surface area contributed by atoms with E-state index in [-0.39, 0.29) is 11.8 Å². The number of hydrogen-bond donors (Lipinski definition) is 0. The second-order valence-electron chi connectivity index (χ2n) is 3.99. The van der Waals surface area contributed by atoms with Crippen molar-refractivity contribution in [2.24, 2.45) is 0 Å². The van der Waals surface area contributed by atoms with Crippen molar-refractivity contribution in [3.05, 3.63) is 29.3 Å². The van der Waals surface area contributed by atoms with E-state index in [1.54, 1.807) is 32.0 Å². The second-order valence-corrected chi connectivity index (χ2v) is 3.99. The number of carbonyl (C=O) groups is 2. The largest absolute Gasteiger partial charge is 0.496 e. The molecular weight excluding hydrogens is 232 g/mol. The van der Waals surface area contributed by atoms with Gasteiger partial charge in [-0.25, -0.2) is 0 Å². The van der Waals surface area contributed by atoms with Gasteiger partial charge in [0.1, 0.15) is 5.75 Å². The number of hydrogen-bond acceptors (Lipinski definition) is 4. The summed E-state index contributed by atoms with van der Waals surface area (Å²) in [5.74, 6) is -0.266. The number of esters is 1.